The van der Waals surface area contributed by atoms with E-state index in [0.717, 1.165) is 17.0 Å². The van der Waals surface area contributed by atoms with Gasteiger partial charge in [-0.2, -0.15) is 26.6 Å². The summed E-state index contributed by atoms with van der Waals surface area (Å²) < 4.78 is 37.2. The summed E-state index contributed by atoms with van der Waals surface area (Å²) in [6.07, 6.45) is 14.9. The van der Waals surface area contributed by atoms with Crippen LogP contribution in [0.5, 0.6) is 5.75 Å². The molecule has 0 radical (unpaired) electrons. The third kappa shape index (κ3) is 11.5. The molecule has 3 aromatic rings. The van der Waals surface area contributed by atoms with Crippen molar-refractivity contribution in [3.63, 3.8) is 0 Å². The molecule has 234 valence electrons. The Morgan fingerprint density at radius 2 is 1.43 bits per heavy atom. The fourth-order valence-electron chi connectivity index (χ4n) is 6.09. The second kappa shape index (κ2) is 18.3. The van der Waals surface area contributed by atoms with Crippen LogP contribution in [0.1, 0.15) is 64.2 Å². The molecule has 10 heteroatoms. The maximum atomic E-state index is 12.4. The second-order valence-corrected chi connectivity index (χ2v) is 15.0. The van der Waals surface area contributed by atoms with E-state index in [2.05, 4.69) is 68.0 Å². The van der Waals surface area contributed by atoms with Crippen molar-refractivity contribution in [2.45, 2.75) is 75.5 Å². The minimum absolute atomic E-state index is 0.0926. The number of hydrogen-bond donors (Lipinski definition) is 1. The van der Waals surface area contributed by atoms with Crippen molar-refractivity contribution < 1.29 is 36.5 Å². The van der Waals surface area contributed by atoms with E-state index in [0.29, 0.717) is 5.69 Å². The van der Waals surface area contributed by atoms with Gasteiger partial charge in [0.2, 0.25) is 0 Å². The first-order valence-corrected chi connectivity index (χ1v) is 20.2. The molecule has 2 saturated carbocycles. The van der Waals surface area contributed by atoms with E-state index in [1.54, 1.807) is 61.7 Å². The molecular weight excluding hydrogens is 775 g/mol. The normalized spacial score (nSPS) is 16.0. The molecule has 0 atom stereocenters. The fraction of sp³-hybridized carbons (Fsp3) is 0.438. The predicted octanol–water partition coefficient (Wildman–Crippen LogP) is 8.77. The Hall–Kier alpha value is -1.60. The molecule has 5 rings (SSSR count). The zero-order valence-corrected chi connectivity index (χ0v) is 29.0. The van der Waals surface area contributed by atoms with Crippen molar-refractivity contribution in [1.82, 2.24) is 0 Å². The second-order valence-electron chi connectivity index (χ2n) is 11.0. The Morgan fingerprint density at radius 3 is 1.98 bits per heavy atom. The summed E-state index contributed by atoms with van der Waals surface area (Å²) in [5, 5.41) is 4.76. The molecule has 0 unspecified atom stereocenters. The number of hydrogen-bond acceptors (Lipinski definition) is 5. The van der Waals surface area contributed by atoms with Gasteiger partial charge in [0, 0.05) is 33.8 Å². The number of rotatable bonds is 8. The number of nitrogens with zero attached hydrogens (tertiary/aromatic N) is 1. The van der Waals surface area contributed by atoms with Crippen molar-refractivity contribution in [2.24, 2.45) is 0 Å². The molecule has 5 nitrogen and oxygen atoms in total. The molecule has 0 aliphatic heterocycles. The van der Waals surface area contributed by atoms with Crippen LogP contribution in [-0.2, 0) is 30.5 Å². The van der Waals surface area contributed by atoms with Crippen molar-refractivity contribution in [3.8, 4) is 5.75 Å². The quantitative estimate of drug-likeness (QED) is 0.107. The van der Waals surface area contributed by atoms with Crippen LogP contribution < -0.4 is 19.7 Å². The molecule has 0 aromatic heterocycles. The Balaban J connectivity index is 0.000000222. The van der Waals surface area contributed by atoms with Crippen molar-refractivity contribution in [2.75, 3.05) is 24.3 Å². The van der Waals surface area contributed by atoms with Crippen LogP contribution in [0.4, 0.5) is 20.9 Å². The summed E-state index contributed by atoms with van der Waals surface area (Å²) in [7, 11) is 3.59. The molecular formula is C32H42AuClFN2O3PS. The summed E-state index contributed by atoms with van der Waals surface area (Å²) in [4.78, 5) is 2.35. The Labute approximate surface area is 269 Å². The van der Waals surface area contributed by atoms with Gasteiger partial charge in [0.25, 0.3) is 0 Å². The van der Waals surface area contributed by atoms with Gasteiger partial charge in [-0.1, -0.05) is 40.6 Å². The molecule has 3 aromatic carbocycles. The Kier molecular flexibility index (Phi) is 15.2. The Bertz CT molecular complexity index is 1290. The van der Waals surface area contributed by atoms with Gasteiger partial charge in [-0.05, 0) is 75.6 Å². The average Bonchev–Trinajstić information content (AvgIpc) is 3.00. The summed E-state index contributed by atoms with van der Waals surface area (Å²) >= 11 is 1.75. The molecule has 0 amide bonds. The fourth-order valence-corrected chi connectivity index (χ4v) is 10.9. The molecule has 1 N–H and O–H groups in total. The van der Waals surface area contributed by atoms with Gasteiger partial charge in [0.05, 0.1) is 17.0 Å². The van der Waals surface area contributed by atoms with Gasteiger partial charge in [0.1, 0.15) is 11.1 Å². The molecule has 0 saturated heterocycles. The molecule has 2 aliphatic carbocycles. The van der Waals surface area contributed by atoms with E-state index >= 15 is 0 Å². The summed E-state index contributed by atoms with van der Waals surface area (Å²) in [6.45, 7) is 0. The molecule has 0 heterocycles. The van der Waals surface area contributed by atoms with Gasteiger partial charge in [0.15, 0.2) is 0 Å². The van der Waals surface area contributed by atoms with Gasteiger partial charge < -0.3 is 14.4 Å². The molecule has 0 spiro atoms. The zero-order valence-electron chi connectivity index (χ0n) is 24.3. The summed E-state index contributed by atoms with van der Waals surface area (Å²) in [6, 6.07) is 25.2. The van der Waals surface area contributed by atoms with E-state index in [1.165, 1.54) is 82.0 Å². The Morgan fingerprint density at radius 1 is 0.857 bits per heavy atom. The molecule has 0 bridgehead atoms. The van der Waals surface area contributed by atoms with E-state index in [-0.39, 0.29) is 5.75 Å². The van der Waals surface area contributed by atoms with Crippen LogP contribution >= 0.6 is 17.1 Å². The van der Waals surface area contributed by atoms with Crippen LogP contribution in [0.25, 0.3) is 0 Å². The first-order chi connectivity index (χ1) is 20.3. The van der Waals surface area contributed by atoms with Crippen LogP contribution in [-0.4, -0.2) is 33.8 Å². The average molecular weight is 817 g/mol. The van der Waals surface area contributed by atoms with Gasteiger partial charge in [-0.3, -0.25) is 0 Å². The van der Waals surface area contributed by atoms with E-state index in [4.69, 9.17) is 0 Å². The van der Waals surface area contributed by atoms with E-state index in [1.807, 2.05) is 0 Å². The number of benzene rings is 3. The standard InChI is InChI=1S/C20H32NP.C12H9FNO3S.Au.ClH/c1-21(2)19-15-9-10-16-20(19)22(17-11-5-3-6-12-17)18-13-7-4-8-14-18;13-18(15,16)17-12-8-4-7-11(9-12)14-10-5-2-1-3-6-10;;/h9-10,15-18H,3-8,11-14H2,1-2H3;2-9,14H;;1H/q;-1;+1;. The number of anilines is 3. The third-order valence-electron chi connectivity index (χ3n) is 7.82. The minimum atomic E-state index is -5.00. The van der Waals surface area contributed by atoms with Crippen molar-refractivity contribution >= 4 is 50.0 Å². The van der Waals surface area contributed by atoms with E-state index in [9.17, 15) is 12.3 Å². The van der Waals surface area contributed by atoms with Gasteiger partial charge in [-0.25, -0.2) is 0 Å². The maximum absolute atomic E-state index is 12.4. The summed E-state index contributed by atoms with van der Waals surface area (Å²) in [5.74, 6) is -0.0926. The van der Waals surface area contributed by atoms with Gasteiger partial charge >= 0.3 is 39.7 Å². The van der Waals surface area contributed by atoms with Crippen LogP contribution in [0.15, 0.2) is 72.8 Å². The van der Waals surface area contributed by atoms with Gasteiger partial charge in [-0.15, -0.1) is 12.1 Å². The molecule has 2 aliphatic rings. The molecule has 2 fully saturated rings. The SMILES string of the molecule is CN(C)c1ccccc1[PH+](C1CCCCC1)C1CCCCC1.O=S(=O)(F)Oc1cccc(Nc2cc[c-]cc2)c1.[Cl][Au]. The zero-order chi connectivity index (χ0) is 30.4. The monoisotopic (exact) mass is 816 g/mol. The third-order valence-corrected chi connectivity index (χ3v) is 12.2. The number of nitrogens with one attached hydrogen (secondary N) is 1. The van der Waals surface area contributed by atoms with Crippen LogP contribution in [0.2, 0.25) is 0 Å². The summed E-state index contributed by atoms with van der Waals surface area (Å²) in [5.41, 5.74) is 4.95. The molecule has 42 heavy (non-hydrogen) atoms. The first kappa shape index (κ1) is 34.9. The van der Waals surface area contributed by atoms with Crippen LogP contribution in [0, 0.1) is 6.07 Å². The predicted molar refractivity (Wildman–Crippen MR) is 174 cm³/mol. The number of para-hydroxylation sites is 1. The topological polar surface area (TPSA) is 58.6 Å². The van der Waals surface area contributed by atoms with Crippen LogP contribution in [0.3, 0.4) is 0 Å². The number of halogens is 2. The first-order valence-electron chi connectivity index (χ1n) is 14.5. The van der Waals surface area contributed by atoms with E-state index < -0.39 is 18.4 Å². The van der Waals surface area contributed by atoms with Crippen molar-refractivity contribution in [3.05, 3.63) is 78.9 Å². The van der Waals surface area contributed by atoms with Crippen molar-refractivity contribution in [1.29, 1.82) is 0 Å².